The average molecular weight is 429 g/mol. The van der Waals surface area contributed by atoms with Gasteiger partial charge in [0.25, 0.3) is 0 Å². The van der Waals surface area contributed by atoms with Gasteiger partial charge < -0.3 is 10.0 Å². The molecule has 5 rings (SSSR count). The van der Waals surface area contributed by atoms with Crippen LogP contribution in [0.4, 0.5) is 0 Å². The Hall–Kier alpha value is -4.13. The lowest BCUT2D eigenvalue weighted by atomic mass is 9.80. The number of nitrogens with zero attached hydrogens (tertiary/aromatic N) is 3. The SMILES string of the molecule is OB(O)c1ccc(-c2ccc(-c3nc(-c4ccccc4)nc(-c4ccccc4)n3)cc2)cc1. The van der Waals surface area contributed by atoms with Crippen LogP contribution in [0.1, 0.15) is 0 Å². The summed E-state index contributed by atoms with van der Waals surface area (Å²) in [4.78, 5) is 14.2. The number of hydrogen-bond donors (Lipinski definition) is 2. The van der Waals surface area contributed by atoms with E-state index in [-0.39, 0.29) is 0 Å². The predicted molar refractivity (Wildman–Crippen MR) is 131 cm³/mol. The molecular weight excluding hydrogens is 409 g/mol. The highest BCUT2D eigenvalue weighted by Crippen LogP contribution is 2.26. The molecule has 6 heteroatoms. The third kappa shape index (κ3) is 4.57. The number of benzene rings is 4. The van der Waals surface area contributed by atoms with Crippen molar-refractivity contribution in [3.63, 3.8) is 0 Å². The maximum absolute atomic E-state index is 9.29. The van der Waals surface area contributed by atoms with E-state index in [4.69, 9.17) is 15.0 Å². The molecule has 5 nitrogen and oxygen atoms in total. The van der Waals surface area contributed by atoms with E-state index in [1.165, 1.54) is 0 Å². The smallest absolute Gasteiger partial charge is 0.423 e. The molecule has 33 heavy (non-hydrogen) atoms. The largest absolute Gasteiger partial charge is 0.488 e. The molecule has 0 saturated carbocycles. The van der Waals surface area contributed by atoms with Gasteiger partial charge in [0.05, 0.1) is 0 Å². The standard InChI is InChI=1S/C27H20BN3O2/c32-28(33)24-17-15-20(16-18-24)19-11-13-23(14-12-19)27-30-25(21-7-3-1-4-8-21)29-26(31-27)22-9-5-2-6-10-22/h1-18,32-33H. The van der Waals surface area contributed by atoms with Crippen molar-refractivity contribution in [2.45, 2.75) is 0 Å². The molecule has 5 aromatic rings. The van der Waals surface area contributed by atoms with Crippen LogP contribution in [0.2, 0.25) is 0 Å². The Morgan fingerprint density at radius 2 is 0.727 bits per heavy atom. The second-order valence-corrected chi connectivity index (χ2v) is 7.61. The van der Waals surface area contributed by atoms with Crippen molar-refractivity contribution in [3.05, 3.63) is 109 Å². The third-order valence-electron chi connectivity index (χ3n) is 5.38. The molecule has 0 saturated heterocycles. The van der Waals surface area contributed by atoms with E-state index in [1.54, 1.807) is 12.1 Å². The summed E-state index contributed by atoms with van der Waals surface area (Å²) in [5, 5.41) is 18.6. The third-order valence-corrected chi connectivity index (χ3v) is 5.38. The van der Waals surface area contributed by atoms with E-state index in [1.807, 2.05) is 97.1 Å². The summed E-state index contributed by atoms with van der Waals surface area (Å²) in [6.07, 6.45) is 0. The minimum Gasteiger partial charge on any atom is -0.423 e. The molecule has 0 fully saturated rings. The Labute approximate surface area is 192 Å². The molecule has 0 bridgehead atoms. The molecule has 0 aliphatic heterocycles. The molecule has 0 atom stereocenters. The molecule has 0 spiro atoms. The summed E-state index contributed by atoms with van der Waals surface area (Å²) in [5.41, 5.74) is 5.21. The fourth-order valence-corrected chi connectivity index (χ4v) is 3.60. The van der Waals surface area contributed by atoms with Crippen LogP contribution < -0.4 is 5.46 Å². The fraction of sp³-hybridized carbons (Fsp3) is 0. The van der Waals surface area contributed by atoms with Crippen LogP contribution in [0.3, 0.4) is 0 Å². The molecule has 0 radical (unpaired) electrons. The Kier molecular flexibility index (Phi) is 5.76. The Balaban J connectivity index is 1.54. The fourth-order valence-electron chi connectivity index (χ4n) is 3.60. The van der Waals surface area contributed by atoms with Crippen LogP contribution in [0.15, 0.2) is 109 Å². The molecule has 0 unspecified atom stereocenters. The Bertz CT molecular complexity index is 1300. The predicted octanol–water partition coefficient (Wildman–Crippen LogP) is 4.22. The zero-order valence-electron chi connectivity index (χ0n) is 17.7. The summed E-state index contributed by atoms with van der Waals surface area (Å²) in [5.74, 6) is 1.86. The maximum Gasteiger partial charge on any atom is 0.488 e. The van der Waals surface area contributed by atoms with Gasteiger partial charge in [-0.05, 0) is 16.6 Å². The molecule has 0 amide bonds. The lowest BCUT2D eigenvalue weighted by Gasteiger charge is -2.09. The summed E-state index contributed by atoms with van der Waals surface area (Å²) in [6, 6.07) is 34.9. The lowest BCUT2D eigenvalue weighted by Crippen LogP contribution is -2.29. The van der Waals surface area contributed by atoms with Crippen LogP contribution in [0.25, 0.3) is 45.3 Å². The molecular formula is C27H20BN3O2. The zero-order chi connectivity index (χ0) is 22.6. The van der Waals surface area contributed by atoms with Gasteiger partial charge in [-0.25, -0.2) is 15.0 Å². The molecule has 4 aromatic carbocycles. The van der Waals surface area contributed by atoms with Crippen molar-refractivity contribution in [2.24, 2.45) is 0 Å². The van der Waals surface area contributed by atoms with E-state index >= 15 is 0 Å². The second-order valence-electron chi connectivity index (χ2n) is 7.61. The highest BCUT2D eigenvalue weighted by atomic mass is 16.4. The van der Waals surface area contributed by atoms with Gasteiger partial charge in [0.15, 0.2) is 17.5 Å². The first-order valence-electron chi connectivity index (χ1n) is 10.6. The van der Waals surface area contributed by atoms with Gasteiger partial charge in [0, 0.05) is 16.7 Å². The van der Waals surface area contributed by atoms with Gasteiger partial charge in [-0.15, -0.1) is 0 Å². The van der Waals surface area contributed by atoms with E-state index < -0.39 is 7.12 Å². The van der Waals surface area contributed by atoms with E-state index in [0.29, 0.717) is 22.9 Å². The molecule has 158 valence electrons. The first kappa shape index (κ1) is 20.8. The molecule has 2 N–H and O–H groups in total. The van der Waals surface area contributed by atoms with Crippen LogP contribution in [-0.2, 0) is 0 Å². The Morgan fingerprint density at radius 3 is 1.12 bits per heavy atom. The number of rotatable bonds is 5. The minimum atomic E-state index is -1.47. The van der Waals surface area contributed by atoms with Crippen molar-refractivity contribution in [3.8, 4) is 45.3 Å². The summed E-state index contributed by atoms with van der Waals surface area (Å²) in [6.45, 7) is 0. The molecule has 0 aliphatic rings. The summed E-state index contributed by atoms with van der Waals surface area (Å²) in [7, 11) is -1.47. The first-order valence-corrected chi connectivity index (χ1v) is 10.6. The van der Waals surface area contributed by atoms with E-state index in [9.17, 15) is 10.0 Å². The lowest BCUT2D eigenvalue weighted by molar-refractivity contribution is 0.426. The number of aromatic nitrogens is 3. The quantitative estimate of drug-likeness (QED) is 0.409. The van der Waals surface area contributed by atoms with Crippen molar-refractivity contribution < 1.29 is 10.0 Å². The summed E-state index contributed by atoms with van der Waals surface area (Å²) >= 11 is 0. The zero-order valence-corrected chi connectivity index (χ0v) is 17.7. The highest BCUT2D eigenvalue weighted by Gasteiger charge is 2.13. The average Bonchev–Trinajstić information content (AvgIpc) is 2.89. The van der Waals surface area contributed by atoms with Gasteiger partial charge in [-0.1, -0.05) is 109 Å². The monoisotopic (exact) mass is 429 g/mol. The molecule has 1 aromatic heterocycles. The van der Waals surface area contributed by atoms with Gasteiger partial charge in [0.2, 0.25) is 0 Å². The topological polar surface area (TPSA) is 79.1 Å². The maximum atomic E-state index is 9.29. The normalized spacial score (nSPS) is 10.7. The highest BCUT2D eigenvalue weighted by molar-refractivity contribution is 6.58. The number of hydrogen-bond acceptors (Lipinski definition) is 5. The molecule has 1 heterocycles. The van der Waals surface area contributed by atoms with Crippen LogP contribution in [0, 0.1) is 0 Å². The Morgan fingerprint density at radius 1 is 0.394 bits per heavy atom. The second kappa shape index (κ2) is 9.16. The van der Waals surface area contributed by atoms with E-state index in [2.05, 4.69) is 0 Å². The molecule has 0 aliphatic carbocycles. The van der Waals surface area contributed by atoms with Gasteiger partial charge in [-0.2, -0.15) is 0 Å². The van der Waals surface area contributed by atoms with Crippen molar-refractivity contribution in [1.29, 1.82) is 0 Å². The summed E-state index contributed by atoms with van der Waals surface area (Å²) < 4.78 is 0. The van der Waals surface area contributed by atoms with Gasteiger partial charge >= 0.3 is 7.12 Å². The van der Waals surface area contributed by atoms with Gasteiger partial charge in [-0.3, -0.25) is 0 Å². The van der Waals surface area contributed by atoms with Crippen molar-refractivity contribution in [2.75, 3.05) is 0 Å². The first-order chi connectivity index (χ1) is 16.2. The van der Waals surface area contributed by atoms with Crippen molar-refractivity contribution in [1.82, 2.24) is 15.0 Å². The van der Waals surface area contributed by atoms with Crippen LogP contribution in [-0.4, -0.2) is 32.1 Å². The van der Waals surface area contributed by atoms with Gasteiger partial charge in [0.1, 0.15) is 0 Å². The van der Waals surface area contributed by atoms with E-state index in [0.717, 1.165) is 27.8 Å². The van der Waals surface area contributed by atoms with Crippen LogP contribution >= 0.6 is 0 Å². The van der Waals surface area contributed by atoms with Crippen LogP contribution in [0.5, 0.6) is 0 Å². The van der Waals surface area contributed by atoms with Crippen molar-refractivity contribution >= 4 is 12.6 Å². The minimum absolute atomic E-state index is 0.461.